The number of nitrogens with one attached hydrogen (secondary N) is 1. The average Bonchev–Trinajstić information content (AvgIpc) is 2.01. The van der Waals surface area contributed by atoms with Crippen molar-refractivity contribution >= 4 is 0 Å². The maximum Gasteiger partial charge on any atom is 0.0740 e. The highest BCUT2D eigenvalue weighted by Crippen LogP contribution is 2.25. The fraction of sp³-hybridized carbons (Fsp3) is 1.00. The van der Waals surface area contributed by atoms with Crippen molar-refractivity contribution in [3.63, 3.8) is 0 Å². The number of rotatable bonds is 5. The van der Waals surface area contributed by atoms with E-state index in [1.807, 2.05) is 13.8 Å². The minimum Gasteiger partial charge on any atom is -0.389 e. The summed E-state index contributed by atoms with van der Waals surface area (Å²) < 4.78 is 5.14. The van der Waals surface area contributed by atoms with Crippen molar-refractivity contribution in [2.24, 2.45) is 5.41 Å². The van der Waals surface area contributed by atoms with E-state index in [4.69, 9.17) is 4.74 Å². The monoisotopic (exact) mass is 187 g/mol. The maximum absolute atomic E-state index is 9.72. The van der Waals surface area contributed by atoms with Crippen molar-refractivity contribution < 1.29 is 9.84 Å². The van der Waals surface area contributed by atoms with Crippen LogP contribution in [0.5, 0.6) is 0 Å². The number of ether oxygens (including phenoxy) is 1. The number of hydrogen-bond donors (Lipinski definition) is 2. The van der Waals surface area contributed by atoms with Crippen molar-refractivity contribution in [1.82, 2.24) is 5.32 Å². The molecule has 0 aliphatic carbocycles. The molecule has 78 valence electrons. The van der Waals surface area contributed by atoms with Gasteiger partial charge in [0.1, 0.15) is 0 Å². The summed E-state index contributed by atoms with van der Waals surface area (Å²) >= 11 is 0. The first kappa shape index (κ1) is 11.0. The van der Waals surface area contributed by atoms with Crippen LogP contribution in [0.25, 0.3) is 0 Å². The van der Waals surface area contributed by atoms with E-state index in [9.17, 15) is 5.11 Å². The SMILES string of the molecule is CCC(C)(O)CNCC1(C)COC1. The molecule has 1 unspecified atom stereocenters. The van der Waals surface area contributed by atoms with Crippen LogP contribution in [0, 0.1) is 5.41 Å². The molecule has 1 rings (SSSR count). The van der Waals surface area contributed by atoms with Crippen molar-refractivity contribution in [1.29, 1.82) is 0 Å². The predicted octanol–water partition coefficient (Wildman–Crippen LogP) is 0.774. The predicted molar refractivity (Wildman–Crippen MR) is 52.7 cm³/mol. The lowest BCUT2D eigenvalue weighted by Crippen LogP contribution is -2.50. The largest absolute Gasteiger partial charge is 0.389 e. The first-order valence-electron chi connectivity index (χ1n) is 4.98. The van der Waals surface area contributed by atoms with Gasteiger partial charge in [-0.15, -0.1) is 0 Å². The zero-order chi connectivity index (χ0) is 9.95. The highest BCUT2D eigenvalue weighted by Gasteiger charge is 2.33. The Hall–Kier alpha value is -0.120. The Morgan fingerprint density at radius 2 is 2.15 bits per heavy atom. The van der Waals surface area contributed by atoms with E-state index in [-0.39, 0.29) is 0 Å². The van der Waals surface area contributed by atoms with Crippen molar-refractivity contribution in [2.75, 3.05) is 26.3 Å². The van der Waals surface area contributed by atoms with Gasteiger partial charge in [0.25, 0.3) is 0 Å². The molecular weight excluding hydrogens is 166 g/mol. The van der Waals surface area contributed by atoms with Crippen LogP contribution in [0.3, 0.4) is 0 Å². The molecule has 0 radical (unpaired) electrons. The Balaban J connectivity index is 2.13. The standard InChI is InChI=1S/C10H21NO2/c1-4-10(3,12)6-11-5-9(2)7-13-8-9/h11-12H,4-8H2,1-3H3. The van der Waals surface area contributed by atoms with E-state index >= 15 is 0 Å². The van der Waals surface area contributed by atoms with E-state index in [2.05, 4.69) is 12.2 Å². The lowest BCUT2D eigenvalue weighted by molar-refractivity contribution is -0.101. The third-order valence-electron chi connectivity index (χ3n) is 2.72. The summed E-state index contributed by atoms with van der Waals surface area (Å²) in [5.74, 6) is 0. The molecule has 0 aromatic rings. The van der Waals surface area contributed by atoms with Gasteiger partial charge in [0, 0.05) is 18.5 Å². The smallest absolute Gasteiger partial charge is 0.0740 e. The minimum absolute atomic E-state index is 0.295. The van der Waals surface area contributed by atoms with E-state index < -0.39 is 5.60 Å². The molecule has 3 heteroatoms. The van der Waals surface area contributed by atoms with Crippen LogP contribution in [0.15, 0.2) is 0 Å². The lowest BCUT2D eigenvalue weighted by Gasteiger charge is -2.39. The first-order valence-corrected chi connectivity index (χ1v) is 4.98. The van der Waals surface area contributed by atoms with Crippen molar-refractivity contribution in [3.8, 4) is 0 Å². The normalized spacial score (nSPS) is 24.9. The van der Waals surface area contributed by atoms with Gasteiger partial charge in [-0.1, -0.05) is 13.8 Å². The second-order valence-electron chi connectivity index (χ2n) is 4.76. The summed E-state index contributed by atoms with van der Waals surface area (Å²) in [6.45, 7) is 9.34. The molecule has 1 saturated heterocycles. The topological polar surface area (TPSA) is 41.5 Å². The molecule has 1 heterocycles. The Morgan fingerprint density at radius 3 is 2.54 bits per heavy atom. The van der Waals surface area contributed by atoms with Gasteiger partial charge in [0.05, 0.1) is 18.8 Å². The van der Waals surface area contributed by atoms with E-state index in [0.29, 0.717) is 12.0 Å². The van der Waals surface area contributed by atoms with Gasteiger partial charge in [-0.3, -0.25) is 0 Å². The van der Waals surface area contributed by atoms with Gasteiger partial charge in [-0.2, -0.15) is 0 Å². The summed E-state index contributed by atoms with van der Waals surface area (Å²) in [6.07, 6.45) is 0.785. The number of aliphatic hydroxyl groups is 1. The second-order valence-corrected chi connectivity index (χ2v) is 4.76. The van der Waals surface area contributed by atoms with E-state index in [1.54, 1.807) is 0 Å². The lowest BCUT2D eigenvalue weighted by atomic mass is 9.88. The number of hydrogen-bond acceptors (Lipinski definition) is 3. The zero-order valence-corrected chi connectivity index (χ0v) is 8.89. The van der Waals surface area contributed by atoms with Crippen molar-refractivity contribution in [2.45, 2.75) is 32.8 Å². The van der Waals surface area contributed by atoms with Crippen LogP contribution in [0.1, 0.15) is 27.2 Å². The molecule has 1 aliphatic rings. The minimum atomic E-state index is -0.568. The van der Waals surface area contributed by atoms with Gasteiger partial charge in [-0.25, -0.2) is 0 Å². The molecule has 1 aliphatic heterocycles. The molecule has 0 bridgehead atoms. The van der Waals surface area contributed by atoms with Crippen LogP contribution in [-0.4, -0.2) is 37.0 Å². The average molecular weight is 187 g/mol. The highest BCUT2D eigenvalue weighted by molar-refractivity contribution is 4.84. The Labute approximate surface area is 80.5 Å². The van der Waals surface area contributed by atoms with Crippen LogP contribution < -0.4 is 5.32 Å². The quantitative estimate of drug-likeness (QED) is 0.668. The van der Waals surface area contributed by atoms with Crippen LogP contribution in [-0.2, 0) is 4.74 Å². The Kier molecular flexibility index (Phi) is 3.33. The molecule has 0 amide bonds. The Bertz CT molecular complexity index is 153. The highest BCUT2D eigenvalue weighted by atomic mass is 16.5. The molecule has 0 aromatic heterocycles. The van der Waals surface area contributed by atoms with Gasteiger partial charge in [0.2, 0.25) is 0 Å². The first-order chi connectivity index (χ1) is 5.97. The summed E-state index contributed by atoms with van der Waals surface area (Å²) in [5.41, 5.74) is -0.273. The third-order valence-corrected chi connectivity index (χ3v) is 2.72. The molecule has 2 N–H and O–H groups in total. The fourth-order valence-electron chi connectivity index (χ4n) is 1.31. The summed E-state index contributed by atoms with van der Waals surface area (Å²) in [7, 11) is 0. The summed E-state index contributed by atoms with van der Waals surface area (Å²) in [4.78, 5) is 0. The van der Waals surface area contributed by atoms with Gasteiger partial charge in [0.15, 0.2) is 0 Å². The molecule has 1 atom stereocenters. The molecule has 0 aromatic carbocycles. The summed E-state index contributed by atoms with van der Waals surface area (Å²) in [5, 5.41) is 13.0. The van der Waals surface area contributed by atoms with Gasteiger partial charge >= 0.3 is 0 Å². The van der Waals surface area contributed by atoms with Crippen LogP contribution in [0.4, 0.5) is 0 Å². The van der Waals surface area contributed by atoms with E-state index in [1.165, 1.54) is 0 Å². The molecule has 1 fully saturated rings. The zero-order valence-electron chi connectivity index (χ0n) is 8.89. The molecule has 13 heavy (non-hydrogen) atoms. The van der Waals surface area contributed by atoms with Gasteiger partial charge in [-0.05, 0) is 13.3 Å². The molecule has 0 spiro atoms. The maximum atomic E-state index is 9.72. The van der Waals surface area contributed by atoms with Crippen LogP contribution in [0.2, 0.25) is 0 Å². The fourth-order valence-corrected chi connectivity index (χ4v) is 1.31. The van der Waals surface area contributed by atoms with Gasteiger partial charge < -0.3 is 15.2 Å². The Morgan fingerprint density at radius 1 is 1.54 bits per heavy atom. The molecular formula is C10H21NO2. The summed E-state index contributed by atoms with van der Waals surface area (Å²) in [6, 6.07) is 0. The van der Waals surface area contributed by atoms with Crippen LogP contribution >= 0.6 is 0 Å². The molecule has 3 nitrogen and oxygen atoms in total. The van der Waals surface area contributed by atoms with Crippen molar-refractivity contribution in [3.05, 3.63) is 0 Å². The second kappa shape index (κ2) is 3.95. The third kappa shape index (κ3) is 3.25. The molecule has 0 saturated carbocycles. The van der Waals surface area contributed by atoms with E-state index in [0.717, 1.165) is 26.2 Å².